The highest BCUT2D eigenvalue weighted by atomic mass is 32.2. The lowest BCUT2D eigenvalue weighted by atomic mass is 10.1. The standard InChI is InChI=1S/C19H20F2N2O4S/c1-27-18-7-2-14(12-17(18)21)13-19(24)22-8-10-23(11-9-22)28(25,26)16-5-3-15(20)4-6-16/h2-7,12H,8-11,13H2,1H3. The Morgan fingerprint density at radius 3 is 2.25 bits per heavy atom. The topological polar surface area (TPSA) is 66.9 Å². The SMILES string of the molecule is COc1ccc(CC(=O)N2CCN(S(=O)(=O)c3ccc(F)cc3)CC2)cc1F. The van der Waals surface area contributed by atoms with E-state index in [4.69, 9.17) is 4.74 Å². The highest BCUT2D eigenvalue weighted by molar-refractivity contribution is 7.89. The van der Waals surface area contributed by atoms with Crippen LogP contribution in [0.25, 0.3) is 0 Å². The molecule has 1 heterocycles. The number of rotatable bonds is 5. The number of piperazine rings is 1. The number of ether oxygens (including phenoxy) is 1. The van der Waals surface area contributed by atoms with Crippen LogP contribution in [0.5, 0.6) is 5.75 Å². The predicted molar refractivity (Wildman–Crippen MR) is 98.4 cm³/mol. The molecule has 150 valence electrons. The van der Waals surface area contributed by atoms with Gasteiger partial charge < -0.3 is 9.64 Å². The second kappa shape index (κ2) is 8.24. The Morgan fingerprint density at radius 1 is 1.04 bits per heavy atom. The number of hydrogen-bond donors (Lipinski definition) is 0. The number of benzene rings is 2. The molecule has 0 aromatic heterocycles. The lowest BCUT2D eigenvalue weighted by Crippen LogP contribution is -2.50. The summed E-state index contributed by atoms with van der Waals surface area (Å²) in [6.07, 6.45) is 0.0195. The number of carbonyl (C=O) groups excluding carboxylic acids is 1. The maximum atomic E-state index is 13.8. The van der Waals surface area contributed by atoms with E-state index >= 15 is 0 Å². The smallest absolute Gasteiger partial charge is 0.243 e. The van der Waals surface area contributed by atoms with Crippen molar-refractivity contribution >= 4 is 15.9 Å². The van der Waals surface area contributed by atoms with E-state index in [0.717, 1.165) is 12.1 Å². The second-order valence-corrected chi connectivity index (χ2v) is 8.32. The Kier molecular flexibility index (Phi) is 5.95. The van der Waals surface area contributed by atoms with E-state index in [0.29, 0.717) is 5.56 Å². The summed E-state index contributed by atoms with van der Waals surface area (Å²) < 4.78 is 58.1. The van der Waals surface area contributed by atoms with Crippen LogP contribution in [-0.4, -0.2) is 56.8 Å². The van der Waals surface area contributed by atoms with Crippen LogP contribution in [0.15, 0.2) is 47.4 Å². The normalized spacial score (nSPS) is 15.5. The van der Waals surface area contributed by atoms with E-state index in [1.54, 1.807) is 11.0 Å². The predicted octanol–water partition coefficient (Wildman–Crippen LogP) is 2.05. The van der Waals surface area contributed by atoms with E-state index in [2.05, 4.69) is 0 Å². The third-order valence-electron chi connectivity index (χ3n) is 4.61. The van der Waals surface area contributed by atoms with Crippen LogP contribution in [0.2, 0.25) is 0 Å². The van der Waals surface area contributed by atoms with Crippen LogP contribution in [0.1, 0.15) is 5.56 Å². The van der Waals surface area contributed by atoms with Crippen molar-refractivity contribution in [3.63, 3.8) is 0 Å². The summed E-state index contributed by atoms with van der Waals surface area (Å²) in [4.78, 5) is 14.0. The molecule has 0 saturated carbocycles. The van der Waals surface area contributed by atoms with Crippen LogP contribution in [0.4, 0.5) is 8.78 Å². The van der Waals surface area contributed by atoms with Crippen LogP contribution in [0.3, 0.4) is 0 Å². The molecule has 3 rings (SSSR count). The first-order valence-electron chi connectivity index (χ1n) is 8.67. The van der Waals surface area contributed by atoms with Gasteiger partial charge in [-0.3, -0.25) is 4.79 Å². The summed E-state index contributed by atoms with van der Waals surface area (Å²) >= 11 is 0. The fourth-order valence-electron chi connectivity index (χ4n) is 3.04. The fourth-order valence-corrected chi connectivity index (χ4v) is 4.46. The summed E-state index contributed by atoms with van der Waals surface area (Å²) in [5.41, 5.74) is 0.518. The lowest BCUT2D eigenvalue weighted by molar-refractivity contribution is -0.131. The van der Waals surface area contributed by atoms with E-state index in [1.165, 1.54) is 35.7 Å². The maximum absolute atomic E-state index is 13.8. The van der Waals surface area contributed by atoms with Crippen molar-refractivity contribution in [2.24, 2.45) is 0 Å². The van der Waals surface area contributed by atoms with E-state index in [-0.39, 0.29) is 49.2 Å². The molecule has 0 atom stereocenters. The van der Waals surface area contributed by atoms with Crippen LogP contribution >= 0.6 is 0 Å². The Balaban J connectivity index is 1.61. The Labute approximate surface area is 162 Å². The maximum Gasteiger partial charge on any atom is 0.243 e. The molecule has 1 amide bonds. The number of nitrogens with zero attached hydrogens (tertiary/aromatic N) is 2. The highest BCUT2D eigenvalue weighted by Crippen LogP contribution is 2.20. The molecule has 1 aliphatic heterocycles. The molecule has 0 N–H and O–H groups in total. The van der Waals surface area contributed by atoms with Gasteiger partial charge in [0, 0.05) is 26.2 Å². The van der Waals surface area contributed by atoms with Crippen molar-refractivity contribution in [3.8, 4) is 5.75 Å². The number of carbonyl (C=O) groups is 1. The third kappa shape index (κ3) is 4.31. The minimum Gasteiger partial charge on any atom is -0.494 e. The number of methoxy groups -OCH3 is 1. The van der Waals surface area contributed by atoms with Crippen LogP contribution in [0, 0.1) is 11.6 Å². The molecule has 9 heteroatoms. The molecule has 2 aromatic carbocycles. The van der Waals surface area contributed by atoms with Gasteiger partial charge in [0.25, 0.3) is 0 Å². The van der Waals surface area contributed by atoms with Gasteiger partial charge in [0.2, 0.25) is 15.9 Å². The Hall–Kier alpha value is -2.52. The van der Waals surface area contributed by atoms with Crippen molar-refractivity contribution in [2.75, 3.05) is 33.3 Å². The van der Waals surface area contributed by atoms with Crippen molar-refractivity contribution < 1.29 is 26.7 Å². The summed E-state index contributed by atoms with van der Waals surface area (Å²) in [6, 6.07) is 8.98. The average Bonchev–Trinajstić information content (AvgIpc) is 2.68. The minimum atomic E-state index is -3.73. The molecular weight excluding hydrogens is 390 g/mol. The van der Waals surface area contributed by atoms with Gasteiger partial charge in [0.1, 0.15) is 5.82 Å². The van der Waals surface area contributed by atoms with E-state index < -0.39 is 21.7 Å². The van der Waals surface area contributed by atoms with E-state index in [1.807, 2.05) is 0 Å². The fraction of sp³-hybridized carbons (Fsp3) is 0.316. The van der Waals surface area contributed by atoms with Gasteiger partial charge in [-0.2, -0.15) is 4.31 Å². The Bertz CT molecular complexity index is 956. The largest absolute Gasteiger partial charge is 0.494 e. The quantitative estimate of drug-likeness (QED) is 0.757. The van der Waals surface area contributed by atoms with Gasteiger partial charge in [-0.15, -0.1) is 0 Å². The zero-order valence-electron chi connectivity index (χ0n) is 15.3. The summed E-state index contributed by atoms with van der Waals surface area (Å²) in [6.45, 7) is 0.751. The monoisotopic (exact) mass is 410 g/mol. The molecule has 1 aliphatic rings. The minimum absolute atomic E-state index is 0.0161. The molecule has 0 aliphatic carbocycles. The average molecular weight is 410 g/mol. The number of halogens is 2. The molecule has 0 spiro atoms. The Morgan fingerprint density at radius 2 is 1.68 bits per heavy atom. The van der Waals surface area contributed by atoms with Crippen molar-refractivity contribution in [1.29, 1.82) is 0 Å². The van der Waals surface area contributed by atoms with Crippen molar-refractivity contribution in [2.45, 2.75) is 11.3 Å². The van der Waals surface area contributed by atoms with Gasteiger partial charge in [0.05, 0.1) is 18.4 Å². The molecule has 0 bridgehead atoms. The molecule has 6 nitrogen and oxygen atoms in total. The molecule has 28 heavy (non-hydrogen) atoms. The molecule has 1 saturated heterocycles. The molecule has 0 unspecified atom stereocenters. The zero-order valence-corrected chi connectivity index (χ0v) is 16.1. The van der Waals surface area contributed by atoms with Gasteiger partial charge in [-0.25, -0.2) is 17.2 Å². The van der Waals surface area contributed by atoms with Crippen LogP contribution in [-0.2, 0) is 21.2 Å². The molecule has 1 fully saturated rings. The van der Waals surface area contributed by atoms with Gasteiger partial charge >= 0.3 is 0 Å². The first-order valence-corrected chi connectivity index (χ1v) is 10.1. The molecular formula is C19H20F2N2O4S. The zero-order chi connectivity index (χ0) is 20.3. The van der Waals surface area contributed by atoms with Crippen LogP contribution < -0.4 is 4.74 Å². The first-order chi connectivity index (χ1) is 13.3. The van der Waals surface area contributed by atoms with Gasteiger partial charge in [0.15, 0.2) is 11.6 Å². The first kappa shape index (κ1) is 20.2. The van der Waals surface area contributed by atoms with Crippen molar-refractivity contribution in [3.05, 3.63) is 59.7 Å². The summed E-state index contributed by atoms with van der Waals surface area (Å²) in [7, 11) is -2.37. The number of sulfonamides is 1. The van der Waals surface area contributed by atoms with Gasteiger partial charge in [-0.1, -0.05) is 6.07 Å². The van der Waals surface area contributed by atoms with Crippen molar-refractivity contribution in [1.82, 2.24) is 9.21 Å². The molecule has 0 radical (unpaired) electrons. The number of amides is 1. The van der Waals surface area contributed by atoms with E-state index in [9.17, 15) is 22.0 Å². The highest BCUT2D eigenvalue weighted by Gasteiger charge is 2.30. The second-order valence-electron chi connectivity index (χ2n) is 6.38. The van der Waals surface area contributed by atoms with Gasteiger partial charge in [-0.05, 0) is 42.0 Å². The number of hydrogen-bond acceptors (Lipinski definition) is 4. The molecule has 2 aromatic rings. The summed E-state index contributed by atoms with van der Waals surface area (Å²) in [5.74, 6) is -1.15. The third-order valence-corrected chi connectivity index (χ3v) is 6.53. The summed E-state index contributed by atoms with van der Waals surface area (Å²) in [5, 5.41) is 0. The lowest BCUT2D eigenvalue weighted by Gasteiger charge is -2.34.